The van der Waals surface area contributed by atoms with Crippen LogP contribution in [0.3, 0.4) is 0 Å². The summed E-state index contributed by atoms with van der Waals surface area (Å²) in [5, 5.41) is 2.77. The van der Waals surface area contributed by atoms with E-state index in [0.717, 1.165) is 12.8 Å². The number of nitrogens with zero attached hydrogens (tertiary/aromatic N) is 2. The quantitative estimate of drug-likeness (QED) is 0.687. The number of anilines is 1. The third kappa shape index (κ3) is 5.86. The van der Waals surface area contributed by atoms with E-state index in [1.807, 2.05) is 0 Å². The van der Waals surface area contributed by atoms with Crippen molar-refractivity contribution in [2.24, 2.45) is 5.92 Å². The number of sulfonamides is 1. The molecule has 1 saturated heterocycles. The first-order valence-corrected chi connectivity index (χ1v) is 12.0. The van der Waals surface area contributed by atoms with Crippen molar-refractivity contribution in [1.82, 2.24) is 9.21 Å². The highest BCUT2D eigenvalue weighted by Gasteiger charge is 2.28. The average molecular weight is 460 g/mol. The van der Waals surface area contributed by atoms with Crippen molar-refractivity contribution in [3.05, 3.63) is 54.1 Å². The zero-order chi connectivity index (χ0) is 23.3. The molecule has 0 aliphatic carbocycles. The second-order valence-electron chi connectivity index (χ2n) is 8.17. The summed E-state index contributed by atoms with van der Waals surface area (Å²) in [5.74, 6) is 0.549. The number of amides is 2. The Labute approximate surface area is 189 Å². The number of nitrogens with one attached hydrogen (secondary N) is 1. The van der Waals surface area contributed by atoms with Gasteiger partial charge in [-0.25, -0.2) is 8.42 Å². The van der Waals surface area contributed by atoms with E-state index < -0.39 is 10.0 Å². The molecular weight excluding hydrogens is 430 g/mol. The monoisotopic (exact) mass is 459 g/mol. The van der Waals surface area contributed by atoms with Crippen LogP contribution in [0.5, 0.6) is 5.75 Å². The van der Waals surface area contributed by atoms with Crippen LogP contribution in [0.25, 0.3) is 0 Å². The van der Waals surface area contributed by atoms with Gasteiger partial charge in [0, 0.05) is 38.4 Å². The molecule has 0 radical (unpaired) electrons. The van der Waals surface area contributed by atoms with Crippen LogP contribution in [0, 0.1) is 5.92 Å². The van der Waals surface area contributed by atoms with Crippen molar-refractivity contribution >= 4 is 27.5 Å². The van der Waals surface area contributed by atoms with E-state index in [1.165, 1.54) is 33.5 Å². The Morgan fingerprint density at radius 2 is 1.62 bits per heavy atom. The lowest BCUT2D eigenvalue weighted by Crippen LogP contribution is -2.37. The normalized spacial score (nSPS) is 15.2. The molecule has 2 amide bonds. The number of carbonyl (C=O) groups excluding carboxylic acids is 2. The van der Waals surface area contributed by atoms with Crippen LogP contribution in [0.15, 0.2) is 53.4 Å². The molecule has 1 N–H and O–H groups in total. The maximum absolute atomic E-state index is 12.8. The molecule has 1 aliphatic rings. The van der Waals surface area contributed by atoms with Crippen molar-refractivity contribution < 1.29 is 22.7 Å². The number of likely N-dealkylation sites (N-methyl/N-ethyl adjacent to an activating group) is 1. The van der Waals surface area contributed by atoms with Crippen LogP contribution in [-0.2, 0) is 14.8 Å². The molecule has 172 valence electrons. The molecule has 0 saturated carbocycles. The molecule has 2 aromatic carbocycles. The number of ether oxygens (including phenoxy) is 1. The summed E-state index contributed by atoms with van der Waals surface area (Å²) in [7, 11) is -0.242. The Balaban J connectivity index is 1.59. The summed E-state index contributed by atoms with van der Waals surface area (Å²) in [6.45, 7) is 3.11. The highest BCUT2D eigenvalue weighted by molar-refractivity contribution is 7.89. The van der Waals surface area contributed by atoms with Crippen molar-refractivity contribution in [1.29, 1.82) is 0 Å². The fourth-order valence-corrected chi connectivity index (χ4v) is 4.73. The topological polar surface area (TPSA) is 96.0 Å². The Bertz CT molecular complexity index is 1040. The lowest BCUT2D eigenvalue weighted by molar-refractivity contribution is -0.130. The van der Waals surface area contributed by atoms with Gasteiger partial charge in [-0.1, -0.05) is 6.92 Å². The van der Waals surface area contributed by atoms with Gasteiger partial charge in [0.15, 0.2) is 6.61 Å². The van der Waals surface area contributed by atoms with Crippen molar-refractivity contribution in [2.45, 2.75) is 24.7 Å². The van der Waals surface area contributed by atoms with Crippen molar-refractivity contribution in [2.75, 3.05) is 39.1 Å². The van der Waals surface area contributed by atoms with E-state index in [-0.39, 0.29) is 23.3 Å². The van der Waals surface area contributed by atoms with E-state index in [0.29, 0.717) is 36.0 Å². The standard InChI is InChI=1S/C23H29N3O5S/c1-17-12-14-26(15-13-17)32(29,30)21-10-4-18(5-11-21)23(28)24-19-6-8-20(9-7-19)31-16-22(27)25(2)3/h4-11,17H,12-16H2,1-3H3,(H,24,28). The zero-order valence-electron chi connectivity index (χ0n) is 18.6. The summed E-state index contributed by atoms with van der Waals surface area (Å²) in [4.78, 5) is 25.7. The minimum absolute atomic E-state index is 0.0651. The molecule has 0 atom stereocenters. The predicted molar refractivity (Wildman–Crippen MR) is 122 cm³/mol. The molecule has 3 rings (SSSR count). The minimum atomic E-state index is -3.55. The molecule has 32 heavy (non-hydrogen) atoms. The van der Waals surface area contributed by atoms with Crippen LogP contribution in [0.4, 0.5) is 5.69 Å². The molecule has 0 bridgehead atoms. The van der Waals surface area contributed by atoms with Gasteiger partial charge in [-0.2, -0.15) is 4.31 Å². The largest absolute Gasteiger partial charge is 0.484 e. The third-order valence-corrected chi connectivity index (χ3v) is 7.38. The maximum atomic E-state index is 12.8. The third-order valence-electron chi connectivity index (χ3n) is 5.47. The number of piperidine rings is 1. The highest BCUT2D eigenvalue weighted by atomic mass is 32.2. The van der Waals surface area contributed by atoms with E-state index in [2.05, 4.69) is 12.2 Å². The van der Waals surface area contributed by atoms with Crippen molar-refractivity contribution in [3.63, 3.8) is 0 Å². The van der Waals surface area contributed by atoms with Gasteiger partial charge in [-0.05, 0) is 67.3 Å². The molecule has 0 spiro atoms. The number of rotatable bonds is 7. The summed E-state index contributed by atoms with van der Waals surface area (Å²) < 4.78 is 32.6. The highest BCUT2D eigenvalue weighted by Crippen LogP contribution is 2.24. The first-order valence-electron chi connectivity index (χ1n) is 10.5. The predicted octanol–water partition coefficient (Wildman–Crippen LogP) is 2.83. The molecule has 1 fully saturated rings. The van der Waals surface area contributed by atoms with Gasteiger partial charge in [0.05, 0.1) is 4.90 Å². The Hall–Kier alpha value is -2.91. The second-order valence-corrected chi connectivity index (χ2v) is 10.1. The number of hydrogen-bond acceptors (Lipinski definition) is 5. The number of carbonyl (C=O) groups is 2. The van der Waals surface area contributed by atoms with E-state index in [4.69, 9.17) is 4.74 Å². The first kappa shape index (κ1) is 23.7. The van der Waals surface area contributed by atoms with Gasteiger partial charge in [0.25, 0.3) is 11.8 Å². The second kappa shape index (κ2) is 10.1. The van der Waals surface area contributed by atoms with Crippen LogP contribution in [-0.4, -0.2) is 63.2 Å². The molecule has 9 heteroatoms. The van der Waals surface area contributed by atoms with Gasteiger partial charge in [-0.15, -0.1) is 0 Å². The van der Waals surface area contributed by atoms with E-state index in [9.17, 15) is 18.0 Å². The Morgan fingerprint density at radius 3 is 2.19 bits per heavy atom. The average Bonchev–Trinajstić information content (AvgIpc) is 2.78. The van der Waals surface area contributed by atoms with Gasteiger partial charge < -0.3 is 15.0 Å². The Morgan fingerprint density at radius 1 is 1.03 bits per heavy atom. The lowest BCUT2D eigenvalue weighted by atomic mass is 10.0. The SMILES string of the molecule is CC1CCN(S(=O)(=O)c2ccc(C(=O)Nc3ccc(OCC(=O)N(C)C)cc3)cc2)CC1. The molecule has 8 nitrogen and oxygen atoms in total. The van der Waals surface area contributed by atoms with Crippen LogP contribution >= 0.6 is 0 Å². The molecule has 1 aliphatic heterocycles. The fourth-order valence-electron chi connectivity index (χ4n) is 3.26. The van der Waals surface area contributed by atoms with Crippen molar-refractivity contribution in [3.8, 4) is 5.75 Å². The number of hydrogen-bond donors (Lipinski definition) is 1. The maximum Gasteiger partial charge on any atom is 0.259 e. The molecule has 0 aromatic heterocycles. The molecular formula is C23H29N3O5S. The Kier molecular flexibility index (Phi) is 7.52. The van der Waals surface area contributed by atoms with E-state index >= 15 is 0 Å². The van der Waals surface area contributed by atoms with Crippen LogP contribution < -0.4 is 10.1 Å². The summed E-state index contributed by atoms with van der Waals surface area (Å²) >= 11 is 0. The van der Waals surface area contributed by atoms with Crippen LogP contribution in [0.2, 0.25) is 0 Å². The van der Waals surface area contributed by atoms with Gasteiger partial charge in [0.1, 0.15) is 5.75 Å². The van der Waals surface area contributed by atoms with E-state index in [1.54, 1.807) is 38.4 Å². The summed E-state index contributed by atoms with van der Waals surface area (Å²) in [6.07, 6.45) is 1.71. The first-order chi connectivity index (χ1) is 15.2. The zero-order valence-corrected chi connectivity index (χ0v) is 19.4. The fraction of sp³-hybridized carbons (Fsp3) is 0.391. The molecule has 1 heterocycles. The molecule has 0 unspecified atom stereocenters. The summed E-state index contributed by atoms with van der Waals surface area (Å²) in [6, 6.07) is 12.6. The van der Waals surface area contributed by atoms with Gasteiger partial charge in [-0.3, -0.25) is 9.59 Å². The lowest BCUT2D eigenvalue weighted by Gasteiger charge is -2.29. The minimum Gasteiger partial charge on any atom is -0.484 e. The van der Waals surface area contributed by atoms with Crippen LogP contribution in [0.1, 0.15) is 30.1 Å². The number of benzene rings is 2. The molecule has 2 aromatic rings. The van der Waals surface area contributed by atoms with Gasteiger partial charge >= 0.3 is 0 Å². The smallest absolute Gasteiger partial charge is 0.259 e. The summed E-state index contributed by atoms with van der Waals surface area (Å²) in [5.41, 5.74) is 0.911. The van der Waals surface area contributed by atoms with Gasteiger partial charge in [0.2, 0.25) is 10.0 Å².